The first-order chi connectivity index (χ1) is 9.77. The molecule has 0 amide bonds. The van der Waals surface area contributed by atoms with E-state index in [4.69, 9.17) is 4.74 Å². The highest BCUT2D eigenvalue weighted by Gasteiger charge is 2.02. The molecule has 0 radical (unpaired) electrons. The standard InChI is InChI=1S/C17H21NO2/c1-14-7-5-8-15(17(14)19)13-18-11-6-12-20-16-9-3-2-4-10-16/h2-5,7-10,18-19H,6,11-13H2,1H3. The molecule has 2 N–H and O–H groups in total. The molecule has 0 heterocycles. The van der Waals surface area contributed by atoms with Gasteiger partial charge in [-0.1, -0.05) is 36.4 Å². The maximum Gasteiger partial charge on any atom is 0.122 e. The number of para-hydroxylation sites is 2. The van der Waals surface area contributed by atoms with Crippen molar-refractivity contribution in [2.45, 2.75) is 19.9 Å². The van der Waals surface area contributed by atoms with Gasteiger partial charge in [-0.3, -0.25) is 0 Å². The number of hydrogen-bond donors (Lipinski definition) is 2. The Morgan fingerprint density at radius 3 is 2.65 bits per heavy atom. The normalized spacial score (nSPS) is 10.4. The summed E-state index contributed by atoms with van der Waals surface area (Å²) in [7, 11) is 0. The monoisotopic (exact) mass is 271 g/mol. The molecule has 0 spiro atoms. The van der Waals surface area contributed by atoms with Crippen molar-refractivity contribution in [1.29, 1.82) is 0 Å². The van der Waals surface area contributed by atoms with Crippen molar-refractivity contribution in [2.75, 3.05) is 13.2 Å². The van der Waals surface area contributed by atoms with Gasteiger partial charge in [0.1, 0.15) is 11.5 Å². The molecule has 2 rings (SSSR count). The highest BCUT2D eigenvalue weighted by molar-refractivity contribution is 5.39. The average Bonchev–Trinajstić information content (AvgIpc) is 2.48. The molecule has 3 heteroatoms. The van der Waals surface area contributed by atoms with Gasteiger partial charge in [0, 0.05) is 12.1 Å². The van der Waals surface area contributed by atoms with E-state index in [2.05, 4.69) is 5.32 Å². The lowest BCUT2D eigenvalue weighted by Crippen LogP contribution is -2.17. The second-order valence-electron chi connectivity index (χ2n) is 4.77. The lowest BCUT2D eigenvalue weighted by Gasteiger charge is -2.09. The largest absolute Gasteiger partial charge is 0.507 e. The third kappa shape index (κ3) is 4.28. The van der Waals surface area contributed by atoms with Crippen LogP contribution in [0.4, 0.5) is 0 Å². The van der Waals surface area contributed by atoms with Crippen LogP contribution in [0.15, 0.2) is 48.5 Å². The first-order valence-corrected chi connectivity index (χ1v) is 6.93. The maximum atomic E-state index is 9.88. The zero-order valence-electron chi connectivity index (χ0n) is 11.8. The number of rotatable bonds is 7. The van der Waals surface area contributed by atoms with Gasteiger partial charge >= 0.3 is 0 Å². The zero-order chi connectivity index (χ0) is 14.2. The molecular weight excluding hydrogens is 250 g/mol. The van der Waals surface area contributed by atoms with Gasteiger partial charge in [0.2, 0.25) is 0 Å². The van der Waals surface area contributed by atoms with E-state index < -0.39 is 0 Å². The summed E-state index contributed by atoms with van der Waals surface area (Å²) in [4.78, 5) is 0. The van der Waals surface area contributed by atoms with Crippen LogP contribution in [-0.4, -0.2) is 18.3 Å². The van der Waals surface area contributed by atoms with Crippen LogP contribution in [0, 0.1) is 6.92 Å². The molecule has 106 valence electrons. The van der Waals surface area contributed by atoms with Crippen molar-refractivity contribution in [3.63, 3.8) is 0 Å². The average molecular weight is 271 g/mol. The quantitative estimate of drug-likeness (QED) is 0.759. The Kier molecular flexibility index (Phi) is 5.44. The Labute approximate surface area is 120 Å². The highest BCUT2D eigenvalue weighted by Crippen LogP contribution is 2.20. The van der Waals surface area contributed by atoms with Crippen LogP contribution in [0.3, 0.4) is 0 Å². The van der Waals surface area contributed by atoms with E-state index in [1.165, 1.54) is 0 Å². The molecule has 0 atom stereocenters. The number of benzene rings is 2. The maximum absolute atomic E-state index is 9.88. The fraction of sp³-hybridized carbons (Fsp3) is 0.294. The number of hydrogen-bond acceptors (Lipinski definition) is 3. The zero-order valence-corrected chi connectivity index (χ0v) is 11.8. The van der Waals surface area contributed by atoms with Crippen molar-refractivity contribution in [3.05, 3.63) is 59.7 Å². The Bertz CT molecular complexity index is 526. The van der Waals surface area contributed by atoms with Crippen molar-refractivity contribution >= 4 is 0 Å². The Morgan fingerprint density at radius 1 is 1.05 bits per heavy atom. The van der Waals surface area contributed by atoms with Crippen LogP contribution in [0.25, 0.3) is 0 Å². The lowest BCUT2D eigenvalue weighted by molar-refractivity contribution is 0.308. The molecule has 2 aromatic carbocycles. The third-order valence-corrected chi connectivity index (χ3v) is 3.15. The molecule has 2 aromatic rings. The molecule has 0 fully saturated rings. The van der Waals surface area contributed by atoms with Crippen molar-refractivity contribution in [1.82, 2.24) is 5.32 Å². The van der Waals surface area contributed by atoms with Gasteiger partial charge in [-0.05, 0) is 37.6 Å². The van der Waals surface area contributed by atoms with Gasteiger partial charge in [-0.25, -0.2) is 0 Å². The van der Waals surface area contributed by atoms with E-state index in [9.17, 15) is 5.11 Å². The fourth-order valence-electron chi connectivity index (χ4n) is 1.99. The van der Waals surface area contributed by atoms with Crippen molar-refractivity contribution < 1.29 is 9.84 Å². The first-order valence-electron chi connectivity index (χ1n) is 6.93. The predicted molar refractivity (Wildman–Crippen MR) is 81.1 cm³/mol. The Balaban J connectivity index is 1.63. The lowest BCUT2D eigenvalue weighted by atomic mass is 10.1. The van der Waals surface area contributed by atoms with Gasteiger partial charge in [0.25, 0.3) is 0 Å². The van der Waals surface area contributed by atoms with Gasteiger partial charge in [-0.2, -0.15) is 0 Å². The summed E-state index contributed by atoms with van der Waals surface area (Å²) in [6.07, 6.45) is 0.932. The van der Waals surface area contributed by atoms with Crippen molar-refractivity contribution in [2.24, 2.45) is 0 Å². The minimum atomic E-state index is 0.389. The van der Waals surface area contributed by atoms with Crippen LogP contribution in [0.5, 0.6) is 11.5 Å². The molecule has 0 aromatic heterocycles. The fourth-order valence-corrected chi connectivity index (χ4v) is 1.99. The number of aryl methyl sites for hydroxylation is 1. The second-order valence-corrected chi connectivity index (χ2v) is 4.77. The van der Waals surface area contributed by atoms with Gasteiger partial charge in [0.15, 0.2) is 0 Å². The van der Waals surface area contributed by atoms with Crippen LogP contribution in [-0.2, 0) is 6.54 Å². The Morgan fingerprint density at radius 2 is 1.85 bits per heavy atom. The minimum Gasteiger partial charge on any atom is -0.507 e. The van der Waals surface area contributed by atoms with Crippen LogP contribution in [0.1, 0.15) is 17.5 Å². The van der Waals surface area contributed by atoms with E-state index >= 15 is 0 Å². The molecule has 0 saturated carbocycles. The van der Waals surface area contributed by atoms with Crippen LogP contribution < -0.4 is 10.1 Å². The van der Waals surface area contributed by atoms with E-state index in [1.54, 1.807) is 0 Å². The topological polar surface area (TPSA) is 41.5 Å². The second kappa shape index (κ2) is 7.56. The highest BCUT2D eigenvalue weighted by atomic mass is 16.5. The molecule has 0 aliphatic carbocycles. The van der Waals surface area contributed by atoms with Gasteiger partial charge in [-0.15, -0.1) is 0 Å². The van der Waals surface area contributed by atoms with E-state index in [0.717, 1.165) is 29.8 Å². The van der Waals surface area contributed by atoms with E-state index in [-0.39, 0.29) is 0 Å². The summed E-state index contributed by atoms with van der Waals surface area (Å²) in [6, 6.07) is 15.6. The first kappa shape index (κ1) is 14.4. The van der Waals surface area contributed by atoms with Crippen LogP contribution in [0.2, 0.25) is 0 Å². The predicted octanol–water partition coefficient (Wildman–Crippen LogP) is 3.26. The third-order valence-electron chi connectivity index (χ3n) is 3.15. The molecule has 0 unspecified atom stereocenters. The summed E-state index contributed by atoms with van der Waals surface area (Å²) in [5.74, 6) is 1.30. The Hall–Kier alpha value is -2.00. The molecule has 0 bridgehead atoms. The summed E-state index contributed by atoms with van der Waals surface area (Å²) in [6.45, 7) is 4.14. The SMILES string of the molecule is Cc1cccc(CNCCCOc2ccccc2)c1O. The molecule has 0 saturated heterocycles. The number of nitrogens with one attached hydrogen (secondary N) is 1. The molecule has 3 nitrogen and oxygen atoms in total. The minimum absolute atomic E-state index is 0.389. The van der Waals surface area contributed by atoms with Crippen molar-refractivity contribution in [3.8, 4) is 11.5 Å². The number of aromatic hydroxyl groups is 1. The molecule has 0 aliphatic heterocycles. The van der Waals surface area contributed by atoms with Gasteiger partial charge in [0.05, 0.1) is 6.61 Å². The smallest absolute Gasteiger partial charge is 0.122 e. The van der Waals surface area contributed by atoms with E-state index in [0.29, 0.717) is 18.9 Å². The number of phenolic OH excluding ortho intramolecular Hbond substituents is 1. The van der Waals surface area contributed by atoms with E-state index in [1.807, 2.05) is 55.5 Å². The molecular formula is C17H21NO2. The summed E-state index contributed by atoms with van der Waals surface area (Å²) in [5.41, 5.74) is 1.85. The summed E-state index contributed by atoms with van der Waals surface area (Å²) >= 11 is 0. The summed E-state index contributed by atoms with van der Waals surface area (Å²) < 4.78 is 5.61. The molecule has 20 heavy (non-hydrogen) atoms. The number of ether oxygens (including phenoxy) is 1. The number of phenols is 1. The van der Waals surface area contributed by atoms with Crippen LogP contribution >= 0.6 is 0 Å². The van der Waals surface area contributed by atoms with Gasteiger partial charge < -0.3 is 15.2 Å². The molecule has 0 aliphatic rings. The summed E-state index contributed by atoms with van der Waals surface area (Å²) in [5, 5.41) is 13.2.